The van der Waals surface area contributed by atoms with E-state index in [9.17, 15) is 0 Å². The number of likely N-dealkylation sites (tertiary alicyclic amines) is 1. The van der Waals surface area contributed by atoms with Gasteiger partial charge in [-0.3, -0.25) is 4.90 Å². The first kappa shape index (κ1) is 14.9. The Labute approximate surface area is 105 Å². The van der Waals surface area contributed by atoms with E-state index < -0.39 is 0 Å². The maximum atomic E-state index is 5.88. The zero-order chi connectivity index (χ0) is 12.9. The average molecular weight is 244 g/mol. The molecule has 1 aliphatic rings. The third-order valence-corrected chi connectivity index (χ3v) is 3.93. The summed E-state index contributed by atoms with van der Waals surface area (Å²) in [5, 5.41) is 0. The van der Waals surface area contributed by atoms with E-state index in [-0.39, 0.29) is 6.29 Å². The zero-order valence-electron chi connectivity index (χ0n) is 11.7. The topological polar surface area (TPSA) is 47.7 Å². The second-order valence-electron chi connectivity index (χ2n) is 5.73. The molecule has 4 heteroatoms. The Morgan fingerprint density at radius 3 is 2.12 bits per heavy atom. The summed E-state index contributed by atoms with van der Waals surface area (Å²) < 4.78 is 10.5. The Bertz CT molecular complexity index is 207. The summed E-state index contributed by atoms with van der Waals surface area (Å²) in [6, 6.07) is 0.371. The van der Waals surface area contributed by atoms with Gasteiger partial charge in [-0.2, -0.15) is 0 Å². The predicted octanol–water partition coefficient (Wildman–Crippen LogP) is 1.44. The lowest BCUT2D eigenvalue weighted by Gasteiger charge is -2.41. The van der Waals surface area contributed by atoms with E-state index >= 15 is 0 Å². The lowest BCUT2D eigenvalue weighted by atomic mass is 9.82. The molecule has 102 valence electrons. The minimum absolute atomic E-state index is 0.140. The molecule has 17 heavy (non-hydrogen) atoms. The lowest BCUT2D eigenvalue weighted by molar-refractivity contribution is -0.118. The molecule has 1 fully saturated rings. The molecule has 4 nitrogen and oxygen atoms in total. The highest BCUT2D eigenvalue weighted by molar-refractivity contribution is 4.83. The average Bonchev–Trinajstić information content (AvgIpc) is 2.32. The van der Waals surface area contributed by atoms with E-state index in [4.69, 9.17) is 15.2 Å². The summed E-state index contributed by atoms with van der Waals surface area (Å²) in [5.41, 5.74) is 6.36. The molecule has 1 atom stereocenters. The smallest absolute Gasteiger partial charge is 0.158 e. The molecule has 0 amide bonds. The van der Waals surface area contributed by atoms with Gasteiger partial charge in [0.2, 0.25) is 0 Å². The zero-order valence-corrected chi connectivity index (χ0v) is 11.7. The van der Waals surface area contributed by atoms with Crippen LogP contribution in [0.25, 0.3) is 0 Å². The molecular weight excluding hydrogens is 216 g/mol. The first-order chi connectivity index (χ1) is 8.02. The largest absolute Gasteiger partial charge is 0.356 e. The maximum Gasteiger partial charge on any atom is 0.158 e. The number of methoxy groups -OCH3 is 2. The molecule has 1 saturated heterocycles. The number of hydrogen-bond donors (Lipinski definition) is 1. The van der Waals surface area contributed by atoms with E-state index in [0.717, 1.165) is 19.5 Å². The van der Waals surface area contributed by atoms with Crippen LogP contribution < -0.4 is 5.73 Å². The van der Waals surface area contributed by atoms with Gasteiger partial charge >= 0.3 is 0 Å². The van der Waals surface area contributed by atoms with Crippen LogP contribution in [0.4, 0.5) is 0 Å². The van der Waals surface area contributed by atoms with Crippen LogP contribution in [-0.4, -0.2) is 51.1 Å². The van der Waals surface area contributed by atoms with Gasteiger partial charge in [0, 0.05) is 33.2 Å². The highest BCUT2D eigenvalue weighted by Gasteiger charge is 2.29. The van der Waals surface area contributed by atoms with Gasteiger partial charge in [0.15, 0.2) is 6.29 Å². The molecule has 2 N–H and O–H groups in total. The normalized spacial score (nSPS) is 22.9. The molecule has 0 spiro atoms. The second-order valence-corrected chi connectivity index (χ2v) is 5.73. The van der Waals surface area contributed by atoms with E-state index in [1.807, 2.05) is 0 Å². The Morgan fingerprint density at radius 1 is 1.18 bits per heavy atom. The van der Waals surface area contributed by atoms with Crippen molar-refractivity contribution in [2.45, 2.75) is 45.4 Å². The molecular formula is C13H28N2O2. The van der Waals surface area contributed by atoms with Crippen molar-refractivity contribution in [2.24, 2.45) is 11.1 Å². The first-order valence-corrected chi connectivity index (χ1v) is 6.52. The van der Waals surface area contributed by atoms with E-state index in [0.29, 0.717) is 18.0 Å². The summed E-state index contributed by atoms with van der Waals surface area (Å²) in [6.45, 7) is 7.62. The fraction of sp³-hybridized carbons (Fsp3) is 1.00. The summed E-state index contributed by atoms with van der Waals surface area (Å²) in [4.78, 5) is 2.48. The van der Waals surface area contributed by atoms with Crippen LogP contribution in [0.15, 0.2) is 0 Å². The van der Waals surface area contributed by atoms with Crippen molar-refractivity contribution in [3.63, 3.8) is 0 Å². The van der Waals surface area contributed by atoms with Crippen molar-refractivity contribution >= 4 is 0 Å². The standard InChI is InChI=1S/C13H28N2O2/c1-13(2)5-7-15(8-6-13)11(10-14)9-12(16-3)17-4/h11-12H,5-10,14H2,1-4H3. The van der Waals surface area contributed by atoms with Gasteiger partial charge in [0.05, 0.1) is 0 Å². The van der Waals surface area contributed by atoms with Crippen LogP contribution in [0.2, 0.25) is 0 Å². The first-order valence-electron chi connectivity index (χ1n) is 6.52. The monoisotopic (exact) mass is 244 g/mol. The number of nitrogens with two attached hydrogens (primary N) is 1. The quantitative estimate of drug-likeness (QED) is 0.718. The molecule has 0 saturated carbocycles. The van der Waals surface area contributed by atoms with Crippen LogP contribution in [-0.2, 0) is 9.47 Å². The van der Waals surface area contributed by atoms with Gasteiger partial charge in [0.1, 0.15) is 0 Å². The minimum Gasteiger partial charge on any atom is -0.356 e. The molecule has 1 heterocycles. The van der Waals surface area contributed by atoms with Crippen LogP contribution in [0.5, 0.6) is 0 Å². The van der Waals surface area contributed by atoms with Crippen LogP contribution in [0, 0.1) is 5.41 Å². The molecule has 0 aliphatic carbocycles. The van der Waals surface area contributed by atoms with Crippen molar-refractivity contribution in [2.75, 3.05) is 33.9 Å². The van der Waals surface area contributed by atoms with Crippen LogP contribution in [0.1, 0.15) is 33.1 Å². The highest BCUT2D eigenvalue weighted by Crippen LogP contribution is 2.31. The third kappa shape index (κ3) is 4.54. The Kier molecular flexibility index (Phi) is 5.86. The predicted molar refractivity (Wildman–Crippen MR) is 69.9 cm³/mol. The molecule has 0 bridgehead atoms. The highest BCUT2D eigenvalue weighted by atomic mass is 16.7. The summed E-state index contributed by atoms with van der Waals surface area (Å²) >= 11 is 0. The van der Waals surface area contributed by atoms with Gasteiger partial charge in [0.25, 0.3) is 0 Å². The number of nitrogens with zero attached hydrogens (tertiary/aromatic N) is 1. The molecule has 0 aromatic heterocycles. The second kappa shape index (κ2) is 6.69. The number of rotatable bonds is 6. The number of ether oxygens (including phenoxy) is 2. The van der Waals surface area contributed by atoms with Crippen molar-refractivity contribution in [1.29, 1.82) is 0 Å². The minimum atomic E-state index is -0.140. The molecule has 0 aromatic rings. The molecule has 1 rings (SSSR count). The number of hydrogen-bond acceptors (Lipinski definition) is 4. The van der Waals surface area contributed by atoms with Crippen molar-refractivity contribution in [3.8, 4) is 0 Å². The Hall–Kier alpha value is -0.160. The fourth-order valence-corrected chi connectivity index (χ4v) is 2.40. The van der Waals surface area contributed by atoms with E-state index in [1.165, 1.54) is 12.8 Å². The summed E-state index contributed by atoms with van der Waals surface area (Å²) in [5.74, 6) is 0. The van der Waals surface area contributed by atoms with Crippen LogP contribution in [0.3, 0.4) is 0 Å². The van der Waals surface area contributed by atoms with Gasteiger partial charge in [-0.25, -0.2) is 0 Å². The summed E-state index contributed by atoms with van der Waals surface area (Å²) in [7, 11) is 3.36. The van der Waals surface area contributed by atoms with Crippen LogP contribution >= 0.6 is 0 Å². The molecule has 0 aromatic carbocycles. The van der Waals surface area contributed by atoms with Gasteiger partial charge in [-0.1, -0.05) is 13.8 Å². The van der Waals surface area contributed by atoms with E-state index in [2.05, 4.69) is 18.7 Å². The van der Waals surface area contributed by atoms with Crippen molar-refractivity contribution < 1.29 is 9.47 Å². The Balaban J connectivity index is 2.46. The van der Waals surface area contributed by atoms with Crippen molar-refractivity contribution in [1.82, 2.24) is 4.90 Å². The van der Waals surface area contributed by atoms with Crippen molar-refractivity contribution in [3.05, 3.63) is 0 Å². The maximum absolute atomic E-state index is 5.88. The summed E-state index contributed by atoms with van der Waals surface area (Å²) in [6.07, 6.45) is 3.20. The third-order valence-electron chi connectivity index (χ3n) is 3.93. The van der Waals surface area contributed by atoms with E-state index in [1.54, 1.807) is 14.2 Å². The molecule has 0 radical (unpaired) electrons. The Morgan fingerprint density at radius 2 is 1.71 bits per heavy atom. The fourth-order valence-electron chi connectivity index (χ4n) is 2.40. The number of piperidine rings is 1. The lowest BCUT2D eigenvalue weighted by Crippen LogP contribution is -2.48. The molecule has 1 aliphatic heterocycles. The SMILES string of the molecule is COC(CC(CN)N1CCC(C)(C)CC1)OC. The van der Waals surface area contributed by atoms with Gasteiger partial charge in [-0.05, 0) is 31.3 Å². The molecule has 1 unspecified atom stereocenters. The van der Waals surface area contributed by atoms with Gasteiger partial charge < -0.3 is 15.2 Å². The van der Waals surface area contributed by atoms with Gasteiger partial charge in [-0.15, -0.1) is 0 Å².